The fraction of sp³-hybridized carbons (Fsp3) is 0.222. The zero-order chi connectivity index (χ0) is 8.69. The van der Waals surface area contributed by atoms with Crippen molar-refractivity contribution >= 4 is 5.97 Å². The predicted octanol–water partition coefficient (Wildman–Crippen LogP) is 2.15. The number of carboxylic acid groups (broad SMARTS) is 1. The van der Waals surface area contributed by atoms with Crippen LogP contribution in [0.4, 0.5) is 0 Å². The quantitative estimate of drug-likeness (QED) is 0.497. The zero-order valence-corrected chi connectivity index (χ0v) is 6.74. The van der Waals surface area contributed by atoms with Gasteiger partial charge >= 0.3 is 5.97 Å². The fourth-order valence-corrected chi connectivity index (χ4v) is 0.561. The van der Waals surface area contributed by atoms with Crippen LogP contribution in [0.3, 0.4) is 0 Å². The third-order valence-corrected chi connectivity index (χ3v) is 1.14. The molecule has 0 unspecified atom stereocenters. The van der Waals surface area contributed by atoms with Crippen molar-refractivity contribution in [1.82, 2.24) is 0 Å². The molecule has 0 heterocycles. The van der Waals surface area contributed by atoms with E-state index in [0.717, 1.165) is 0 Å². The van der Waals surface area contributed by atoms with Crippen LogP contribution in [-0.4, -0.2) is 11.1 Å². The molecular weight excluding hydrogens is 140 g/mol. The molecule has 0 saturated heterocycles. The minimum atomic E-state index is -0.895. The Morgan fingerprint density at radius 2 is 1.91 bits per heavy atom. The van der Waals surface area contributed by atoms with Crippen LogP contribution in [0.2, 0.25) is 0 Å². The first-order chi connectivity index (χ1) is 5.22. The summed E-state index contributed by atoms with van der Waals surface area (Å²) >= 11 is 0. The molecule has 0 aromatic heterocycles. The van der Waals surface area contributed by atoms with E-state index in [0.29, 0.717) is 5.57 Å². The second-order valence-corrected chi connectivity index (χ2v) is 1.93. The van der Waals surface area contributed by atoms with Gasteiger partial charge in [-0.3, -0.25) is 0 Å². The van der Waals surface area contributed by atoms with Crippen molar-refractivity contribution in [2.45, 2.75) is 13.8 Å². The second kappa shape index (κ2) is 5.47. The van der Waals surface area contributed by atoms with Gasteiger partial charge < -0.3 is 5.11 Å². The molecule has 0 aromatic rings. The Bertz CT molecular complexity index is 210. The Hall–Kier alpha value is -1.31. The summed E-state index contributed by atoms with van der Waals surface area (Å²) in [7, 11) is 0. The zero-order valence-electron chi connectivity index (χ0n) is 6.74. The molecule has 0 aliphatic rings. The van der Waals surface area contributed by atoms with Crippen molar-refractivity contribution in [2.24, 2.45) is 0 Å². The lowest BCUT2D eigenvalue weighted by Gasteiger charge is -1.89. The molecule has 0 atom stereocenters. The Labute approximate surface area is 66.5 Å². The largest absolute Gasteiger partial charge is 0.478 e. The Morgan fingerprint density at radius 3 is 2.27 bits per heavy atom. The molecule has 0 aliphatic carbocycles. The predicted molar refractivity (Wildman–Crippen MR) is 45.3 cm³/mol. The molecule has 0 saturated carbocycles. The highest BCUT2D eigenvalue weighted by molar-refractivity contribution is 5.89. The molecule has 0 aromatic carbocycles. The topological polar surface area (TPSA) is 37.3 Å². The van der Waals surface area contributed by atoms with Crippen molar-refractivity contribution in [2.75, 3.05) is 0 Å². The third-order valence-electron chi connectivity index (χ3n) is 1.14. The van der Waals surface area contributed by atoms with Gasteiger partial charge in [0.25, 0.3) is 0 Å². The number of carboxylic acids is 1. The van der Waals surface area contributed by atoms with Gasteiger partial charge in [0, 0.05) is 0 Å². The van der Waals surface area contributed by atoms with Crippen molar-refractivity contribution < 1.29 is 9.90 Å². The van der Waals surface area contributed by atoms with Crippen molar-refractivity contribution in [3.8, 4) is 0 Å². The van der Waals surface area contributed by atoms with Crippen LogP contribution in [0, 0.1) is 0 Å². The van der Waals surface area contributed by atoms with E-state index < -0.39 is 5.97 Å². The summed E-state index contributed by atoms with van der Waals surface area (Å²) < 4.78 is 0. The van der Waals surface area contributed by atoms with Crippen LogP contribution < -0.4 is 0 Å². The van der Waals surface area contributed by atoms with Gasteiger partial charge in [0.05, 0.1) is 5.57 Å². The van der Waals surface area contributed by atoms with E-state index in [1.807, 2.05) is 13.0 Å². The second-order valence-electron chi connectivity index (χ2n) is 1.93. The number of rotatable bonds is 3. The molecule has 0 bridgehead atoms. The van der Waals surface area contributed by atoms with E-state index in [2.05, 4.69) is 0 Å². The maximum atomic E-state index is 10.4. The molecule has 60 valence electrons. The first kappa shape index (κ1) is 9.69. The lowest BCUT2D eigenvalue weighted by molar-refractivity contribution is -0.132. The maximum Gasteiger partial charge on any atom is 0.335 e. The first-order valence-electron chi connectivity index (χ1n) is 3.41. The summed E-state index contributed by atoms with van der Waals surface area (Å²) in [5, 5.41) is 8.53. The van der Waals surface area contributed by atoms with Gasteiger partial charge in [0.2, 0.25) is 0 Å². The molecule has 2 nitrogen and oxygen atoms in total. The van der Waals surface area contributed by atoms with Crippen molar-refractivity contribution in [1.29, 1.82) is 0 Å². The molecule has 0 amide bonds. The van der Waals surface area contributed by atoms with E-state index in [-0.39, 0.29) is 0 Å². The number of hydrogen-bond donors (Lipinski definition) is 1. The van der Waals surface area contributed by atoms with Crippen LogP contribution in [-0.2, 0) is 4.79 Å². The first-order valence-corrected chi connectivity index (χ1v) is 3.41. The van der Waals surface area contributed by atoms with Gasteiger partial charge in [-0.15, -0.1) is 0 Å². The summed E-state index contributed by atoms with van der Waals surface area (Å²) in [4.78, 5) is 10.4. The minimum absolute atomic E-state index is 0.308. The van der Waals surface area contributed by atoms with Gasteiger partial charge in [-0.1, -0.05) is 24.3 Å². The Kier molecular flexibility index (Phi) is 4.82. The third kappa shape index (κ3) is 4.14. The molecular formula is C9H12O2. The molecule has 0 radical (unpaired) electrons. The number of aliphatic carboxylic acids is 1. The number of hydrogen-bond acceptors (Lipinski definition) is 1. The Morgan fingerprint density at radius 1 is 1.27 bits per heavy atom. The minimum Gasteiger partial charge on any atom is -0.478 e. The molecule has 0 fully saturated rings. The summed E-state index contributed by atoms with van der Waals surface area (Å²) in [5.41, 5.74) is 0.308. The number of carbonyl (C=O) groups is 1. The van der Waals surface area contributed by atoms with Gasteiger partial charge in [0.15, 0.2) is 0 Å². The molecule has 2 heteroatoms. The summed E-state index contributed by atoms with van der Waals surface area (Å²) in [5.74, 6) is -0.895. The molecule has 0 spiro atoms. The van der Waals surface area contributed by atoms with Crippen molar-refractivity contribution in [3.63, 3.8) is 0 Å². The smallest absolute Gasteiger partial charge is 0.335 e. The lowest BCUT2D eigenvalue weighted by atomic mass is 10.2. The van der Waals surface area contributed by atoms with E-state index in [1.165, 1.54) is 0 Å². The summed E-state index contributed by atoms with van der Waals surface area (Å²) in [6, 6.07) is 0. The normalized spacial score (nSPS) is 13.1. The monoisotopic (exact) mass is 152 g/mol. The van der Waals surface area contributed by atoms with Gasteiger partial charge in [-0.2, -0.15) is 0 Å². The average molecular weight is 152 g/mol. The van der Waals surface area contributed by atoms with Crippen LogP contribution in [0.5, 0.6) is 0 Å². The standard InChI is InChI=1S/C9H12O2/c1-3-5-6-7-8(4-2)9(10)11/h3-7H,1-2H3,(H,10,11)/b5-3-,7-6-,8-4+. The van der Waals surface area contributed by atoms with E-state index in [1.54, 1.807) is 31.2 Å². The fourth-order valence-electron chi connectivity index (χ4n) is 0.561. The maximum absolute atomic E-state index is 10.4. The van der Waals surface area contributed by atoms with Gasteiger partial charge in [-0.05, 0) is 19.9 Å². The van der Waals surface area contributed by atoms with Gasteiger partial charge in [-0.25, -0.2) is 4.79 Å². The molecule has 0 rings (SSSR count). The summed E-state index contributed by atoms with van der Waals surface area (Å²) in [6.07, 6.45) is 8.44. The SMILES string of the molecule is C\C=C/C=C\C(=C/C)C(=O)O. The van der Waals surface area contributed by atoms with Crippen LogP contribution >= 0.6 is 0 Å². The van der Waals surface area contributed by atoms with Gasteiger partial charge in [0.1, 0.15) is 0 Å². The van der Waals surface area contributed by atoms with Crippen molar-refractivity contribution in [3.05, 3.63) is 36.0 Å². The summed E-state index contributed by atoms with van der Waals surface area (Å²) in [6.45, 7) is 3.57. The molecule has 11 heavy (non-hydrogen) atoms. The molecule has 0 aliphatic heterocycles. The number of allylic oxidation sites excluding steroid dienone is 4. The average Bonchev–Trinajstić information content (AvgIpc) is 1.97. The van der Waals surface area contributed by atoms with Crippen LogP contribution in [0.1, 0.15) is 13.8 Å². The van der Waals surface area contributed by atoms with Crippen LogP contribution in [0.15, 0.2) is 36.0 Å². The van der Waals surface area contributed by atoms with E-state index in [4.69, 9.17) is 5.11 Å². The lowest BCUT2D eigenvalue weighted by Crippen LogP contribution is -1.96. The van der Waals surface area contributed by atoms with E-state index in [9.17, 15) is 4.79 Å². The molecule has 1 N–H and O–H groups in total. The van der Waals surface area contributed by atoms with Crippen LogP contribution in [0.25, 0.3) is 0 Å². The highest BCUT2D eigenvalue weighted by Crippen LogP contribution is 1.96. The highest BCUT2D eigenvalue weighted by Gasteiger charge is 1.98. The Balaban J connectivity index is 4.22. The van der Waals surface area contributed by atoms with E-state index >= 15 is 0 Å². The highest BCUT2D eigenvalue weighted by atomic mass is 16.4.